The van der Waals surface area contributed by atoms with Gasteiger partial charge in [0.15, 0.2) is 11.5 Å². The van der Waals surface area contributed by atoms with E-state index in [4.69, 9.17) is 37.4 Å². The summed E-state index contributed by atoms with van der Waals surface area (Å²) in [6.45, 7) is 1.82. The molecule has 2 aromatic carbocycles. The Morgan fingerprint density at radius 1 is 1.23 bits per heavy atom. The third-order valence-electron chi connectivity index (χ3n) is 6.54. The number of methoxy groups -OCH3 is 1. The molecule has 0 radical (unpaired) electrons. The summed E-state index contributed by atoms with van der Waals surface area (Å²) in [6, 6.07) is 8.85. The van der Waals surface area contributed by atoms with Crippen molar-refractivity contribution in [1.29, 1.82) is 0 Å². The van der Waals surface area contributed by atoms with Crippen LogP contribution in [0.1, 0.15) is 34.3 Å². The van der Waals surface area contributed by atoms with Crippen LogP contribution in [-0.2, 0) is 16.7 Å². The number of carbonyl (C=O) groups excluding carboxylic acids is 1. The van der Waals surface area contributed by atoms with Gasteiger partial charge in [0.25, 0.3) is 0 Å². The van der Waals surface area contributed by atoms with E-state index in [-0.39, 0.29) is 17.6 Å². The highest BCUT2D eigenvalue weighted by molar-refractivity contribution is 6.42. The molecule has 3 aliphatic rings. The van der Waals surface area contributed by atoms with E-state index in [1.165, 1.54) is 17.2 Å². The number of ether oxygens (including phenoxy) is 3. The first-order valence-corrected chi connectivity index (χ1v) is 11.1. The average molecular weight is 460 g/mol. The van der Waals surface area contributed by atoms with E-state index < -0.39 is 5.97 Å². The molecule has 0 amide bonds. The summed E-state index contributed by atoms with van der Waals surface area (Å²) >= 11 is 12.0. The lowest BCUT2D eigenvalue weighted by Crippen LogP contribution is -2.43. The average Bonchev–Trinajstić information content (AvgIpc) is 3.01. The highest BCUT2D eigenvalue weighted by atomic mass is 35.5. The number of hydrogen-bond donors (Lipinski definition) is 0. The van der Waals surface area contributed by atoms with Crippen molar-refractivity contribution in [2.75, 3.05) is 20.7 Å². The van der Waals surface area contributed by atoms with Gasteiger partial charge < -0.3 is 19.1 Å². The molecule has 0 saturated carbocycles. The fraction of sp³-hybridized carbons (Fsp3) is 0.375. The van der Waals surface area contributed by atoms with Crippen LogP contribution in [0.25, 0.3) is 0 Å². The molecule has 1 spiro atoms. The quantitative estimate of drug-likeness (QED) is 0.476. The first kappa shape index (κ1) is 20.7. The Morgan fingerprint density at radius 3 is 2.84 bits per heavy atom. The van der Waals surface area contributed by atoms with Crippen LogP contribution >= 0.6 is 23.2 Å². The molecule has 1 aliphatic carbocycles. The van der Waals surface area contributed by atoms with Gasteiger partial charge in [-0.25, -0.2) is 4.79 Å². The second-order valence-corrected chi connectivity index (χ2v) is 9.25. The van der Waals surface area contributed by atoms with Crippen molar-refractivity contribution in [2.45, 2.75) is 37.0 Å². The van der Waals surface area contributed by atoms with E-state index in [0.29, 0.717) is 22.0 Å². The van der Waals surface area contributed by atoms with Gasteiger partial charge in [0.05, 0.1) is 28.1 Å². The number of esters is 1. The van der Waals surface area contributed by atoms with Crippen LogP contribution in [0, 0.1) is 0 Å². The molecular formula is C24H23Cl2NO4. The summed E-state index contributed by atoms with van der Waals surface area (Å²) in [4.78, 5) is 15.0. The Kier molecular flexibility index (Phi) is 5.16. The molecule has 5 nitrogen and oxygen atoms in total. The van der Waals surface area contributed by atoms with Crippen molar-refractivity contribution in [3.8, 4) is 11.5 Å². The van der Waals surface area contributed by atoms with Crippen LogP contribution in [0.2, 0.25) is 10.0 Å². The van der Waals surface area contributed by atoms with Crippen LogP contribution in [-0.4, -0.2) is 43.8 Å². The largest absolute Gasteiger partial charge is 0.493 e. The van der Waals surface area contributed by atoms with Gasteiger partial charge in [0, 0.05) is 18.5 Å². The Labute approximate surface area is 191 Å². The number of hydrogen-bond acceptors (Lipinski definition) is 5. The molecule has 2 heterocycles. The van der Waals surface area contributed by atoms with E-state index in [0.717, 1.165) is 31.0 Å². The predicted molar refractivity (Wildman–Crippen MR) is 119 cm³/mol. The minimum atomic E-state index is -0.432. The standard InChI is InChI=1S/C24H23Cl2NO4/c1-27-10-9-24-8-7-16(30-23(28)14-3-5-17(25)18(26)11-14)12-20(24)31-22-19(29-2)6-4-15(13-27)21(22)24/h3-8,11,16,20H,9-10,12-13H2,1-2H3/t16-,20-,24-/m0/s1. The van der Waals surface area contributed by atoms with Crippen LogP contribution < -0.4 is 9.47 Å². The lowest BCUT2D eigenvalue weighted by molar-refractivity contribution is 0.0218. The summed E-state index contributed by atoms with van der Waals surface area (Å²) in [5, 5.41) is 0.726. The predicted octanol–water partition coefficient (Wildman–Crippen LogP) is 5.02. The van der Waals surface area contributed by atoms with Gasteiger partial charge in [-0.3, -0.25) is 0 Å². The summed E-state index contributed by atoms with van der Waals surface area (Å²) in [6.07, 6.45) is 5.18. The zero-order chi connectivity index (χ0) is 21.8. The van der Waals surface area contributed by atoms with Crippen molar-refractivity contribution in [1.82, 2.24) is 4.90 Å². The molecule has 0 N–H and O–H groups in total. The molecule has 0 saturated heterocycles. The lowest BCUT2D eigenvalue weighted by Gasteiger charge is -2.36. The van der Waals surface area contributed by atoms with Gasteiger partial charge in [-0.15, -0.1) is 0 Å². The summed E-state index contributed by atoms with van der Waals surface area (Å²) in [5.74, 6) is 1.13. The fourth-order valence-electron chi connectivity index (χ4n) is 4.98. The molecule has 0 unspecified atom stereocenters. The van der Waals surface area contributed by atoms with Crippen molar-refractivity contribution in [2.24, 2.45) is 0 Å². The van der Waals surface area contributed by atoms with Crippen molar-refractivity contribution >= 4 is 29.2 Å². The molecule has 5 rings (SSSR count). The summed E-state index contributed by atoms with van der Waals surface area (Å²) in [7, 11) is 3.80. The van der Waals surface area contributed by atoms with Crippen LogP contribution in [0.5, 0.6) is 11.5 Å². The molecule has 0 bridgehead atoms. The Hall–Kier alpha value is -2.21. The number of benzene rings is 2. The molecule has 2 aliphatic heterocycles. The first-order valence-electron chi connectivity index (χ1n) is 10.3. The molecule has 162 valence electrons. The van der Waals surface area contributed by atoms with Gasteiger partial charge in [0.2, 0.25) is 0 Å². The number of carbonyl (C=O) groups is 1. The summed E-state index contributed by atoms with van der Waals surface area (Å²) < 4.78 is 17.8. The fourth-order valence-corrected chi connectivity index (χ4v) is 5.28. The van der Waals surface area contributed by atoms with E-state index >= 15 is 0 Å². The topological polar surface area (TPSA) is 48.0 Å². The second-order valence-electron chi connectivity index (χ2n) is 8.43. The minimum absolute atomic E-state index is 0.124. The Morgan fingerprint density at radius 2 is 2.06 bits per heavy atom. The van der Waals surface area contributed by atoms with Gasteiger partial charge in [0.1, 0.15) is 12.2 Å². The minimum Gasteiger partial charge on any atom is -0.493 e. The Balaban J connectivity index is 1.45. The normalized spacial score (nSPS) is 26.5. The molecule has 31 heavy (non-hydrogen) atoms. The summed E-state index contributed by atoms with van der Waals surface area (Å²) in [5.41, 5.74) is 2.61. The van der Waals surface area contributed by atoms with Crippen molar-refractivity contribution in [3.05, 3.63) is 69.2 Å². The zero-order valence-electron chi connectivity index (χ0n) is 17.4. The smallest absolute Gasteiger partial charge is 0.338 e. The molecular weight excluding hydrogens is 437 g/mol. The second kappa shape index (κ2) is 7.73. The third-order valence-corrected chi connectivity index (χ3v) is 7.28. The number of nitrogens with zero attached hydrogens (tertiary/aromatic N) is 1. The molecule has 7 heteroatoms. The highest BCUT2D eigenvalue weighted by Gasteiger charge is 2.53. The maximum absolute atomic E-state index is 12.7. The highest BCUT2D eigenvalue weighted by Crippen LogP contribution is 2.55. The van der Waals surface area contributed by atoms with Crippen LogP contribution in [0.3, 0.4) is 0 Å². The molecule has 0 fully saturated rings. The molecule has 0 aromatic heterocycles. The van der Waals surface area contributed by atoms with Gasteiger partial charge in [-0.05, 0) is 55.9 Å². The van der Waals surface area contributed by atoms with E-state index in [1.54, 1.807) is 19.2 Å². The van der Waals surface area contributed by atoms with E-state index in [2.05, 4.69) is 24.1 Å². The number of halogens is 2. The third kappa shape index (κ3) is 3.39. The van der Waals surface area contributed by atoms with Crippen molar-refractivity contribution < 1.29 is 19.0 Å². The molecule has 2 aromatic rings. The van der Waals surface area contributed by atoms with Crippen LogP contribution in [0.15, 0.2) is 42.5 Å². The van der Waals surface area contributed by atoms with E-state index in [9.17, 15) is 4.79 Å². The van der Waals surface area contributed by atoms with Crippen LogP contribution in [0.4, 0.5) is 0 Å². The van der Waals surface area contributed by atoms with Gasteiger partial charge >= 0.3 is 5.97 Å². The van der Waals surface area contributed by atoms with Crippen molar-refractivity contribution in [3.63, 3.8) is 0 Å². The number of rotatable bonds is 3. The monoisotopic (exact) mass is 459 g/mol. The maximum Gasteiger partial charge on any atom is 0.338 e. The van der Waals surface area contributed by atoms with E-state index in [1.807, 2.05) is 12.1 Å². The maximum atomic E-state index is 12.7. The first-order chi connectivity index (χ1) is 14.9. The SMILES string of the molecule is COc1ccc2c3c1O[C@H]1C[C@@H](OC(=O)c4ccc(Cl)c(Cl)c4)C=C[C@@]31CCN(C)C2. The molecule has 3 atom stereocenters. The zero-order valence-corrected chi connectivity index (χ0v) is 18.9. The Bertz CT molecular complexity index is 1090. The van der Waals surface area contributed by atoms with Gasteiger partial charge in [-0.1, -0.05) is 35.3 Å². The lowest BCUT2D eigenvalue weighted by atomic mass is 9.69. The van der Waals surface area contributed by atoms with Gasteiger partial charge in [-0.2, -0.15) is 0 Å².